The minimum absolute atomic E-state index is 0.0115. The van der Waals surface area contributed by atoms with Crippen LogP contribution in [-0.2, 0) is 14.3 Å². The molecule has 91 heavy (non-hydrogen) atoms. The van der Waals surface area contributed by atoms with Crippen molar-refractivity contribution in [1.82, 2.24) is 5.32 Å². The van der Waals surface area contributed by atoms with Gasteiger partial charge in [0.1, 0.15) is 0 Å². The molecule has 0 bridgehead atoms. The third kappa shape index (κ3) is 77.2. The fourth-order valence-corrected chi connectivity index (χ4v) is 13.6. The first kappa shape index (κ1) is 89.3. The molecule has 0 saturated carbocycles. The summed E-state index contributed by atoms with van der Waals surface area (Å²) in [6.45, 7) is 4.99. The number of nitrogens with one attached hydrogen (secondary N) is 1. The SMILES string of the molecule is CCCCCC/C=C\C/C=C\CCCCCCCC(=O)OCCCCCCCCCCCCCCCCCCCCCCCCCCCCCCCCCCCCCCCCCC(=O)NC(CO)C(O)CCCCCCCCCCCCCCCCCCCCC. The number of hydrogen-bond acceptors (Lipinski definition) is 5. The van der Waals surface area contributed by atoms with Crippen molar-refractivity contribution < 1.29 is 24.5 Å². The van der Waals surface area contributed by atoms with E-state index in [0.717, 1.165) is 51.4 Å². The van der Waals surface area contributed by atoms with Crippen LogP contribution >= 0.6 is 0 Å². The molecule has 0 heterocycles. The first-order valence-electron chi connectivity index (χ1n) is 42.1. The molecule has 0 fully saturated rings. The lowest BCUT2D eigenvalue weighted by molar-refractivity contribution is -0.143. The Labute approximate surface area is 571 Å². The van der Waals surface area contributed by atoms with E-state index in [4.69, 9.17) is 4.74 Å². The molecule has 540 valence electrons. The van der Waals surface area contributed by atoms with E-state index in [2.05, 4.69) is 43.5 Å². The monoisotopic (exact) mass is 1280 g/mol. The highest BCUT2D eigenvalue weighted by Gasteiger charge is 2.20. The fraction of sp³-hybridized carbons (Fsp3) is 0.929. The lowest BCUT2D eigenvalue weighted by Crippen LogP contribution is -2.45. The Morgan fingerprint density at radius 1 is 0.308 bits per heavy atom. The van der Waals surface area contributed by atoms with Crippen LogP contribution in [0, 0.1) is 0 Å². The Kier molecular flexibility index (Phi) is 79.3. The van der Waals surface area contributed by atoms with E-state index in [1.807, 2.05) is 0 Å². The van der Waals surface area contributed by atoms with Crippen molar-refractivity contribution in [2.45, 2.75) is 495 Å². The van der Waals surface area contributed by atoms with E-state index < -0.39 is 12.1 Å². The van der Waals surface area contributed by atoms with Crippen LogP contribution < -0.4 is 5.32 Å². The Bertz CT molecular complexity index is 1430. The maximum Gasteiger partial charge on any atom is 0.305 e. The van der Waals surface area contributed by atoms with Gasteiger partial charge in [-0.25, -0.2) is 0 Å². The van der Waals surface area contributed by atoms with Gasteiger partial charge in [0.15, 0.2) is 0 Å². The standard InChI is InChI=1S/C85H165NO5/c1-3-5-7-9-11-13-15-17-19-21-43-46-49-53-57-61-65-69-73-77-83(88)82(81-87)86-84(89)78-74-70-66-62-58-54-50-47-44-41-39-37-35-33-31-29-27-25-23-22-24-26-28-30-32-34-36-38-40-42-45-48-52-56-60-64-68-72-76-80-91-85(90)79-75-71-67-63-59-55-51-20-18-16-14-12-10-8-6-4-2/h14,16,20,51,82-83,87-88H,3-13,15,17-19,21-50,52-81H2,1-2H3,(H,86,89)/b16-14-,51-20-. The molecule has 0 aliphatic heterocycles. The summed E-state index contributed by atoms with van der Waals surface area (Å²) in [4.78, 5) is 24.7. The van der Waals surface area contributed by atoms with E-state index in [9.17, 15) is 19.8 Å². The number of hydrogen-bond donors (Lipinski definition) is 3. The molecule has 0 aromatic rings. The molecule has 6 heteroatoms. The van der Waals surface area contributed by atoms with Crippen molar-refractivity contribution >= 4 is 11.9 Å². The Balaban J connectivity index is 3.29. The van der Waals surface area contributed by atoms with Crippen LogP contribution in [0.5, 0.6) is 0 Å². The van der Waals surface area contributed by atoms with E-state index in [1.54, 1.807) is 0 Å². The largest absolute Gasteiger partial charge is 0.466 e. The quantitative estimate of drug-likeness (QED) is 0.0320. The van der Waals surface area contributed by atoms with Crippen LogP contribution in [0.4, 0.5) is 0 Å². The van der Waals surface area contributed by atoms with Gasteiger partial charge in [-0.05, 0) is 57.8 Å². The van der Waals surface area contributed by atoms with Gasteiger partial charge in [0.2, 0.25) is 5.91 Å². The van der Waals surface area contributed by atoms with Gasteiger partial charge in [-0.3, -0.25) is 9.59 Å². The minimum atomic E-state index is -0.660. The molecule has 3 N–H and O–H groups in total. The highest BCUT2D eigenvalue weighted by Crippen LogP contribution is 2.21. The zero-order valence-corrected chi connectivity index (χ0v) is 62.1. The van der Waals surface area contributed by atoms with Crippen LogP contribution in [0.15, 0.2) is 24.3 Å². The number of carbonyl (C=O) groups excluding carboxylic acids is 2. The topological polar surface area (TPSA) is 95.9 Å². The van der Waals surface area contributed by atoms with E-state index >= 15 is 0 Å². The first-order valence-corrected chi connectivity index (χ1v) is 42.1. The van der Waals surface area contributed by atoms with Gasteiger partial charge in [-0.1, -0.05) is 436 Å². The molecular weight excluding hydrogens is 1110 g/mol. The summed E-state index contributed by atoms with van der Waals surface area (Å²) in [5.41, 5.74) is 0. The summed E-state index contributed by atoms with van der Waals surface area (Å²) in [5.74, 6) is -0.0121. The molecule has 0 aromatic heterocycles. The highest BCUT2D eigenvalue weighted by atomic mass is 16.5. The predicted octanol–water partition coefficient (Wildman–Crippen LogP) is 28.0. The van der Waals surface area contributed by atoms with Crippen LogP contribution in [0.3, 0.4) is 0 Å². The van der Waals surface area contributed by atoms with Crippen LogP contribution in [0.1, 0.15) is 483 Å². The van der Waals surface area contributed by atoms with Gasteiger partial charge in [-0.2, -0.15) is 0 Å². The second-order valence-corrected chi connectivity index (χ2v) is 29.2. The van der Waals surface area contributed by atoms with E-state index in [0.29, 0.717) is 25.9 Å². The average Bonchev–Trinajstić information content (AvgIpc) is 3.74. The lowest BCUT2D eigenvalue weighted by Gasteiger charge is -2.22. The first-order chi connectivity index (χ1) is 45.0. The molecule has 0 spiro atoms. The summed E-state index contributed by atoms with van der Waals surface area (Å²) in [7, 11) is 0. The summed E-state index contributed by atoms with van der Waals surface area (Å²) in [5, 5.41) is 23.4. The van der Waals surface area contributed by atoms with Gasteiger partial charge in [0.05, 0.1) is 25.4 Å². The van der Waals surface area contributed by atoms with Gasteiger partial charge >= 0.3 is 5.97 Å². The van der Waals surface area contributed by atoms with E-state index in [1.165, 1.54) is 398 Å². The van der Waals surface area contributed by atoms with Gasteiger partial charge in [0, 0.05) is 12.8 Å². The smallest absolute Gasteiger partial charge is 0.305 e. The number of ether oxygens (including phenoxy) is 1. The molecular formula is C85H165NO5. The van der Waals surface area contributed by atoms with Crippen molar-refractivity contribution in [3.63, 3.8) is 0 Å². The second kappa shape index (κ2) is 80.8. The van der Waals surface area contributed by atoms with Crippen LogP contribution in [-0.4, -0.2) is 47.4 Å². The molecule has 0 rings (SSSR count). The molecule has 0 aromatic carbocycles. The number of aliphatic hydroxyl groups is 2. The van der Waals surface area contributed by atoms with Crippen LogP contribution in [0.25, 0.3) is 0 Å². The van der Waals surface area contributed by atoms with Crippen molar-refractivity contribution in [3.8, 4) is 0 Å². The van der Waals surface area contributed by atoms with Gasteiger partial charge in [-0.15, -0.1) is 0 Å². The van der Waals surface area contributed by atoms with Crippen molar-refractivity contribution in [2.75, 3.05) is 13.2 Å². The number of esters is 1. The number of unbranched alkanes of at least 4 members (excludes halogenated alkanes) is 65. The highest BCUT2D eigenvalue weighted by molar-refractivity contribution is 5.76. The number of aliphatic hydroxyl groups excluding tert-OH is 2. The van der Waals surface area contributed by atoms with Crippen molar-refractivity contribution in [3.05, 3.63) is 24.3 Å². The average molecular weight is 1280 g/mol. The Hall–Kier alpha value is -1.66. The zero-order chi connectivity index (χ0) is 65.6. The maximum atomic E-state index is 12.6. The molecule has 0 aliphatic carbocycles. The molecule has 0 aliphatic rings. The third-order valence-corrected chi connectivity index (χ3v) is 20.0. The molecule has 0 radical (unpaired) electrons. The molecule has 2 atom stereocenters. The van der Waals surface area contributed by atoms with E-state index in [-0.39, 0.29) is 18.5 Å². The maximum absolute atomic E-state index is 12.6. The zero-order valence-electron chi connectivity index (χ0n) is 62.1. The third-order valence-electron chi connectivity index (χ3n) is 20.0. The normalized spacial score (nSPS) is 12.5. The number of rotatable bonds is 80. The lowest BCUT2D eigenvalue weighted by atomic mass is 10.0. The summed E-state index contributed by atoms with van der Waals surface area (Å²) in [6.07, 6.45) is 104. The molecule has 6 nitrogen and oxygen atoms in total. The van der Waals surface area contributed by atoms with Crippen molar-refractivity contribution in [1.29, 1.82) is 0 Å². The molecule has 0 saturated heterocycles. The molecule has 2 unspecified atom stereocenters. The number of allylic oxidation sites excluding steroid dienone is 4. The minimum Gasteiger partial charge on any atom is -0.466 e. The van der Waals surface area contributed by atoms with Crippen molar-refractivity contribution in [2.24, 2.45) is 0 Å². The predicted molar refractivity (Wildman–Crippen MR) is 403 cm³/mol. The van der Waals surface area contributed by atoms with Crippen LogP contribution in [0.2, 0.25) is 0 Å². The number of carbonyl (C=O) groups is 2. The Morgan fingerprint density at radius 3 is 0.846 bits per heavy atom. The number of amides is 1. The summed E-state index contributed by atoms with van der Waals surface area (Å²) < 4.78 is 5.50. The molecule has 1 amide bonds. The summed E-state index contributed by atoms with van der Waals surface area (Å²) in [6, 6.07) is -0.537. The Morgan fingerprint density at radius 2 is 0.549 bits per heavy atom. The van der Waals surface area contributed by atoms with Gasteiger partial charge < -0.3 is 20.3 Å². The second-order valence-electron chi connectivity index (χ2n) is 29.2. The van der Waals surface area contributed by atoms with Gasteiger partial charge in [0.25, 0.3) is 0 Å². The fourth-order valence-electron chi connectivity index (χ4n) is 13.6. The summed E-state index contributed by atoms with van der Waals surface area (Å²) >= 11 is 0.